The molecular weight excluding hydrogens is 345 g/mol. The molecule has 124 valence electrons. The minimum Gasteiger partial charge on any atom is -0.497 e. The highest BCUT2D eigenvalue weighted by Crippen LogP contribution is 2.29. The first kappa shape index (κ1) is 16.7. The summed E-state index contributed by atoms with van der Waals surface area (Å²) < 4.78 is 7.23. The monoisotopic (exact) mass is 361 g/mol. The van der Waals surface area contributed by atoms with Crippen molar-refractivity contribution in [1.29, 1.82) is 0 Å². The fourth-order valence-corrected chi connectivity index (χ4v) is 2.76. The maximum atomic E-state index is 6.10. The summed E-state index contributed by atoms with van der Waals surface area (Å²) in [4.78, 5) is 4.45. The smallest absolute Gasteiger partial charge is 0.203 e. The topological polar surface area (TPSA) is 39.1 Å². The van der Waals surface area contributed by atoms with Crippen LogP contribution in [0, 0.1) is 0 Å². The van der Waals surface area contributed by atoms with E-state index in [1.165, 1.54) is 0 Å². The van der Waals surface area contributed by atoms with Crippen LogP contribution in [0.3, 0.4) is 0 Å². The van der Waals surface area contributed by atoms with Crippen LogP contribution in [0.5, 0.6) is 5.75 Å². The van der Waals surface area contributed by atoms with Gasteiger partial charge < -0.3 is 14.6 Å². The minimum atomic E-state index is 0.529. The zero-order valence-electron chi connectivity index (χ0n) is 13.4. The first-order valence-electron chi connectivity index (χ1n) is 7.42. The average Bonchev–Trinajstić information content (AvgIpc) is 2.96. The number of hydrogen-bond acceptors (Lipinski definition) is 3. The van der Waals surface area contributed by atoms with Crippen LogP contribution >= 0.6 is 23.2 Å². The maximum absolute atomic E-state index is 6.10. The normalized spacial score (nSPS) is 10.7. The van der Waals surface area contributed by atoms with E-state index < -0.39 is 0 Å². The second-order valence-corrected chi connectivity index (χ2v) is 6.17. The van der Waals surface area contributed by atoms with Crippen LogP contribution in [0.2, 0.25) is 10.0 Å². The number of halogens is 2. The number of hydrogen-bond donors (Lipinski definition) is 1. The molecule has 0 radical (unpaired) electrons. The summed E-state index contributed by atoms with van der Waals surface area (Å²) in [6.45, 7) is 0.656. The van der Waals surface area contributed by atoms with Gasteiger partial charge in [0, 0.05) is 19.2 Å². The van der Waals surface area contributed by atoms with E-state index in [0.717, 1.165) is 28.5 Å². The first-order chi connectivity index (χ1) is 11.6. The maximum Gasteiger partial charge on any atom is 0.203 e. The molecule has 1 aromatic heterocycles. The van der Waals surface area contributed by atoms with Crippen molar-refractivity contribution in [2.24, 2.45) is 7.05 Å². The molecule has 0 bridgehead atoms. The molecule has 24 heavy (non-hydrogen) atoms. The fraction of sp³-hybridized carbons (Fsp3) is 0.167. The van der Waals surface area contributed by atoms with Gasteiger partial charge in [0.1, 0.15) is 5.75 Å². The Labute approximate surface area is 151 Å². The molecule has 0 aliphatic rings. The Hall–Kier alpha value is -2.17. The van der Waals surface area contributed by atoms with Gasteiger partial charge in [-0.1, -0.05) is 41.4 Å². The van der Waals surface area contributed by atoms with Crippen molar-refractivity contribution in [3.05, 3.63) is 64.3 Å². The Bertz CT molecular complexity index is 861. The third-order valence-corrected chi connectivity index (χ3v) is 4.53. The second kappa shape index (κ2) is 7.16. The molecule has 0 atom stereocenters. The summed E-state index contributed by atoms with van der Waals surface area (Å²) in [6.07, 6.45) is 1.81. The number of nitrogens with one attached hydrogen (secondary N) is 1. The molecule has 0 saturated heterocycles. The molecule has 0 amide bonds. The molecule has 0 spiro atoms. The lowest BCUT2D eigenvalue weighted by Crippen LogP contribution is -2.05. The van der Waals surface area contributed by atoms with Crippen molar-refractivity contribution in [2.45, 2.75) is 6.54 Å². The van der Waals surface area contributed by atoms with E-state index in [0.29, 0.717) is 16.6 Å². The summed E-state index contributed by atoms with van der Waals surface area (Å²) in [5.74, 6) is 1.62. The molecular formula is C18H17Cl2N3O. The summed E-state index contributed by atoms with van der Waals surface area (Å²) in [5.41, 5.74) is 3.05. The van der Waals surface area contributed by atoms with Crippen LogP contribution in [0.1, 0.15) is 5.56 Å². The summed E-state index contributed by atoms with van der Waals surface area (Å²) in [5, 5.41) is 4.40. The van der Waals surface area contributed by atoms with Crippen molar-refractivity contribution < 1.29 is 4.74 Å². The number of benzene rings is 2. The molecule has 0 aliphatic heterocycles. The predicted molar refractivity (Wildman–Crippen MR) is 99.0 cm³/mol. The third kappa shape index (κ3) is 3.50. The molecule has 0 saturated carbocycles. The second-order valence-electron chi connectivity index (χ2n) is 5.36. The molecule has 0 aliphatic carbocycles. The van der Waals surface area contributed by atoms with Gasteiger partial charge in [0.2, 0.25) is 5.95 Å². The Morgan fingerprint density at radius 1 is 1.12 bits per heavy atom. The van der Waals surface area contributed by atoms with Crippen LogP contribution in [0.4, 0.5) is 5.95 Å². The average molecular weight is 362 g/mol. The number of ether oxygens (including phenoxy) is 1. The SMILES string of the molecule is COc1cccc(CNc2ncc(-c3ccc(Cl)c(Cl)c3)n2C)c1. The standard InChI is InChI=1S/C18H17Cl2N3O/c1-23-17(13-6-7-15(19)16(20)9-13)11-22-18(23)21-10-12-4-3-5-14(8-12)24-2/h3-9,11H,10H2,1-2H3,(H,21,22). The largest absolute Gasteiger partial charge is 0.497 e. The Morgan fingerprint density at radius 2 is 1.96 bits per heavy atom. The van der Waals surface area contributed by atoms with Crippen LogP contribution in [-0.4, -0.2) is 16.7 Å². The Morgan fingerprint density at radius 3 is 2.71 bits per heavy atom. The van der Waals surface area contributed by atoms with E-state index in [-0.39, 0.29) is 0 Å². The van der Waals surface area contributed by atoms with E-state index in [1.807, 2.05) is 54.2 Å². The van der Waals surface area contributed by atoms with Crippen molar-refractivity contribution in [3.8, 4) is 17.0 Å². The summed E-state index contributed by atoms with van der Waals surface area (Å²) >= 11 is 12.1. The number of anilines is 1. The minimum absolute atomic E-state index is 0.529. The molecule has 1 heterocycles. The quantitative estimate of drug-likeness (QED) is 0.693. The highest BCUT2D eigenvalue weighted by molar-refractivity contribution is 6.42. The van der Waals surface area contributed by atoms with E-state index in [1.54, 1.807) is 13.2 Å². The van der Waals surface area contributed by atoms with E-state index in [4.69, 9.17) is 27.9 Å². The van der Waals surface area contributed by atoms with Gasteiger partial charge in [-0.25, -0.2) is 4.98 Å². The Balaban J connectivity index is 1.78. The van der Waals surface area contributed by atoms with Crippen LogP contribution in [0.15, 0.2) is 48.7 Å². The molecule has 3 aromatic rings. The zero-order valence-corrected chi connectivity index (χ0v) is 14.9. The molecule has 0 unspecified atom stereocenters. The highest BCUT2D eigenvalue weighted by atomic mass is 35.5. The molecule has 4 nitrogen and oxygen atoms in total. The van der Waals surface area contributed by atoms with Gasteiger partial charge in [-0.05, 0) is 29.8 Å². The van der Waals surface area contributed by atoms with Crippen LogP contribution in [-0.2, 0) is 13.6 Å². The summed E-state index contributed by atoms with van der Waals surface area (Å²) in [7, 11) is 3.62. The number of imidazole rings is 1. The number of rotatable bonds is 5. The van der Waals surface area contributed by atoms with Gasteiger partial charge in [-0.15, -0.1) is 0 Å². The lowest BCUT2D eigenvalue weighted by atomic mass is 10.2. The highest BCUT2D eigenvalue weighted by Gasteiger charge is 2.10. The summed E-state index contributed by atoms with van der Waals surface area (Å²) in [6, 6.07) is 13.5. The molecule has 6 heteroatoms. The molecule has 2 aromatic carbocycles. The number of nitrogens with zero attached hydrogens (tertiary/aromatic N) is 2. The van der Waals surface area contributed by atoms with E-state index >= 15 is 0 Å². The van der Waals surface area contributed by atoms with Gasteiger partial charge in [0.05, 0.1) is 29.0 Å². The van der Waals surface area contributed by atoms with Gasteiger partial charge in [-0.2, -0.15) is 0 Å². The molecule has 0 fully saturated rings. The molecule has 1 N–H and O–H groups in total. The van der Waals surface area contributed by atoms with E-state index in [2.05, 4.69) is 10.3 Å². The number of methoxy groups -OCH3 is 1. The van der Waals surface area contributed by atoms with Crippen molar-refractivity contribution in [2.75, 3.05) is 12.4 Å². The van der Waals surface area contributed by atoms with Gasteiger partial charge in [-0.3, -0.25) is 0 Å². The van der Waals surface area contributed by atoms with Gasteiger partial charge >= 0.3 is 0 Å². The van der Waals surface area contributed by atoms with Crippen molar-refractivity contribution in [3.63, 3.8) is 0 Å². The lowest BCUT2D eigenvalue weighted by Gasteiger charge is -2.10. The van der Waals surface area contributed by atoms with Crippen LogP contribution < -0.4 is 10.1 Å². The third-order valence-electron chi connectivity index (χ3n) is 3.79. The first-order valence-corrected chi connectivity index (χ1v) is 8.18. The van der Waals surface area contributed by atoms with Gasteiger partial charge in [0.25, 0.3) is 0 Å². The molecule has 3 rings (SSSR count). The van der Waals surface area contributed by atoms with Crippen molar-refractivity contribution >= 4 is 29.2 Å². The predicted octanol–water partition coefficient (Wildman–Crippen LogP) is 5.01. The Kier molecular flexibility index (Phi) is 4.97. The fourth-order valence-electron chi connectivity index (χ4n) is 2.46. The van der Waals surface area contributed by atoms with E-state index in [9.17, 15) is 0 Å². The van der Waals surface area contributed by atoms with Gasteiger partial charge in [0.15, 0.2) is 0 Å². The zero-order chi connectivity index (χ0) is 17.1. The number of aromatic nitrogens is 2. The van der Waals surface area contributed by atoms with Crippen LogP contribution in [0.25, 0.3) is 11.3 Å². The van der Waals surface area contributed by atoms with Crippen molar-refractivity contribution in [1.82, 2.24) is 9.55 Å². The lowest BCUT2D eigenvalue weighted by molar-refractivity contribution is 0.414.